The minimum atomic E-state index is -0.0961. The summed E-state index contributed by atoms with van der Waals surface area (Å²) in [5.41, 5.74) is 0. The van der Waals surface area contributed by atoms with E-state index in [1.54, 1.807) is 0 Å². The summed E-state index contributed by atoms with van der Waals surface area (Å²) in [5.74, 6) is 0.595. The number of ether oxygens (including phenoxy) is 2. The third kappa shape index (κ3) is 5.48. The molecule has 2 rings (SSSR count). The van der Waals surface area contributed by atoms with Crippen LogP contribution >= 0.6 is 15.9 Å². The Morgan fingerprint density at radius 1 is 1.30 bits per heavy atom. The molecule has 1 heterocycles. The van der Waals surface area contributed by atoms with Crippen molar-refractivity contribution in [2.24, 2.45) is 0 Å². The molecule has 1 saturated heterocycles. The normalized spacial score (nSPS) is 15.8. The predicted molar refractivity (Wildman–Crippen MR) is 79.9 cm³/mol. The maximum atomic E-state index is 11.6. The van der Waals surface area contributed by atoms with Crippen molar-refractivity contribution >= 4 is 21.8 Å². The van der Waals surface area contributed by atoms with Gasteiger partial charge in [0.25, 0.3) is 5.91 Å². The highest BCUT2D eigenvalue weighted by Gasteiger charge is 2.10. The van der Waals surface area contributed by atoms with Gasteiger partial charge in [0.1, 0.15) is 5.75 Å². The van der Waals surface area contributed by atoms with Gasteiger partial charge in [-0.25, -0.2) is 0 Å². The molecule has 1 fully saturated rings. The van der Waals surface area contributed by atoms with Gasteiger partial charge in [0.2, 0.25) is 0 Å². The molecule has 0 aliphatic carbocycles. The first-order valence-corrected chi connectivity index (χ1v) is 7.48. The van der Waals surface area contributed by atoms with E-state index in [9.17, 15) is 4.79 Å². The zero-order chi connectivity index (χ0) is 14.2. The topological polar surface area (TPSA) is 50.8 Å². The molecule has 1 amide bonds. The average molecular weight is 343 g/mol. The van der Waals surface area contributed by atoms with Crippen molar-refractivity contribution in [2.45, 2.75) is 0 Å². The second kappa shape index (κ2) is 8.24. The number of morpholine rings is 1. The van der Waals surface area contributed by atoms with Crippen molar-refractivity contribution < 1.29 is 14.3 Å². The Morgan fingerprint density at radius 2 is 2.00 bits per heavy atom. The molecule has 0 unspecified atom stereocenters. The molecule has 1 aliphatic heterocycles. The lowest BCUT2D eigenvalue weighted by molar-refractivity contribution is -0.123. The number of hydrogen-bond donors (Lipinski definition) is 1. The van der Waals surface area contributed by atoms with Crippen molar-refractivity contribution in [3.05, 3.63) is 28.7 Å². The highest BCUT2D eigenvalue weighted by atomic mass is 79.9. The standard InChI is InChI=1S/C14H19BrN2O3/c15-12-1-3-13(4-2-12)20-11-14(18)16-5-6-17-7-9-19-10-8-17/h1-4H,5-11H2,(H,16,18). The molecule has 5 nitrogen and oxygen atoms in total. The van der Waals surface area contributed by atoms with Crippen LogP contribution in [0.4, 0.5) is 0 Å². The maximum absolute atomic E-state index is 11.6. The van der Waals surface area contributed by atoms with Crippen LogP contribution < -0.4 is 10.1 Å². The van der Waals surface area contributed by atoms with Crippen molar-refractivity contribution in [3.63, 3.8) is 0 Å². The van der Waals surface area contributed by atoms with Crippen LogP contribution in [0.15, 0.2) is 28.7 Å². The molecule has 0 bridgehead atoms. The van der Waals surface area contributed by atoms with Crippen LogP contribution in [-0.4, -0.2) is 56.8 Å². The molecule has 1 N–H and O–H groups in total. The van der Waals surface area contributed by atoms with E-state index in [1.807, 2.05) is 24.3 Å². The Bertz CT molecular complexity index is 419. The third-order valence-corrected chi connectivity index (χ3v) is 3.57. The molecule has 6 heteroatoms. The molecule has 1 aromatic carbocycles. The number of amides is 1. The van der Waals surface area contributed by atoms with Crippen molar-refractivity contribution in [1.29, 1.82) is 0 Å². The smallest absolute Gasteiger partial charge is 0.257 e. The summed E-state index contributed by atoms with van der Waals surface area (Å²) in [4.78, 5) is 13.9. The number of benzene rings is 1. The molecule has 1 aliphatic rings. The molecular weight excluding hydrogens is 324 g/mol. The lowest BCUT2D eigenvalue weighted by atomic mass is 10.3. The second-order valence-electron chi connectivity index (χ2n) is 4.55. The molecule has 20 heavy (non-hydrogen) atoms. The molecule has 0 atom stereocenters. The predicted octanol–water partition coefficient (Wildman–Crippen LogP) is 1.28. The highest BCUT2D eigenvalue weighted by molar-refractivity contribution is 9.10. The zero-order valence-corrected chi connectivity index (χ0v) is 12.9. The highest BCUT2D eigenvalue weighted by Crippen LogP contribution is 2.15. The van der Waals surface area contributed by atoms with Crippen LogP contribution in [-0.2, 0) is 9.53 Å². The first-order valence-electron chi connectivity index (χ1n) is 6.69. The fourth-order valence-corrected chi connectivity index (χ4v) is 2.17. The van der Waals surface area contributed by atoms with E-state index in [4.69, 9.17) is 9.47 Å². The summed E-state index contributed by atoms with van der Waals surface area (Å²) >= 11 is 3.35. The Kier molecular flexibility index (Phi) is 6.29. The van der Waals surface area contributed by atoms with E-state index in [0.29, 0.717) is 12.3 Å². The zero-order valence-electron chi connectivity index (χ0n) is 11.3. The maximum Gasteiger partial charge on any atom is 0.257 e. The van der Waals surface area contributed by atoms with E-state index in [2.05, 4.69) is 26.1 Å². The Hall–Kier alpha value is -1.11. The van der Waals surface area contributed by atoms with Gasteiger partial charge >= 0.3 is 0 Å². The molecule has 0 saturated carbocycles. The fraction of sp³-hybridized carbons (Fsp3) is 0.500. The van der Waals surface area contributed by atoms with Crippen molar-refractivity contribution in [3.8, 4) is 5.75 Å². The molecule has 0 aromatic heterocycles. The number of halogens is 1. The summed E-state index contributed by atoms with van der Waals surface area (Å²) in [6, 6.07) is 7.41. The Balaban J connectivity index is 1.59. The molecule has 1 aromatic rings. The van der Waals surface area contributed by atoms with Gasteiger partial charge in [-0.2, -0.15) is 0 Å². The summed E-state index contributed by atoms with van der Waals surface area (Å²) in [6.07, 6.45) is 0. The fourth-order valence-electron chi connectivity index (χ4n) is 1.91. The Labute approximate surface area is 127 Å². The quantitative estimate of drug-likeness (QED) is 0.845. The number of carbonyl (C=O) groups excluding carboxylic acids is 1. The van der Waals surface area contributed by atoms with Gasteiger partial charge in [-0.15, -0.1) is 0 Å². The summed E-state index contributed by atoms with van der Waals surface area (Å²) in [5, 5.41) is 2.86. The van der Waals surface area contributed by atoms with Gasteiger partial charge in [0.15, 0.2) is 6.61 Å². The van der Waals surface area contributed by atoms with E-state index < -0.39 is 0 Å². The number of hydrogen-bond acceptors (Lipinski definition) is 4. The van der Waals surface area contributed by atoms with Gasteiger partial charge in [-0.3, -0.25) is 9.69 Å². The number of rotatable bonds is 6. The molecular formula is C14H19BrN2O3. The number of nitrogens with zero attached hydrogens (tertiary/aromatic N) is 1. The molecule has 0 radical (unpaired) electrons. The largest absolute Gasteiger partial charge is 0.484 e. The van der Waals surface area contributed by atoms with Crippen LogP contribution in [0.3, 0.4) is 0 Å². The minimum Gasteiger partial charge on any atom is -0.484 e. The van der Waals surface area contributed by atoms with Crippen LogP contribution in [0.25, 0.3) is 0 Å². The van der Waals surface area contributed by atoms with Crippen LogP contribution in [0, 0.1) is 0 Å². The van der Waals surface area contributed by atoms with Gasteiger partial charge in [0, 0.05) is 30.7 Å². The van der Waals surface area contributed by atoms with Crippen LogP contribution in [0.2, 0.25) is 0 Å². The summed E-state index contributed by atoms with van der Waals surface area (Å²) < 4.78 is 11.7. The SMILES string of the molecule is O=C(COc1ccc(Br)cc1)NCCN1CCOCC1. The molecule has 110 valence electrons. The number of carbonyl (C=O) groups is 1. The van der Waals surface area contributed by atoms with E-state index in [-0.39, 0.29) is 12.5 Å². The summed E-state index contributed by atoms with van der Waals surface area (Å²) in [6.45, 7) is 4.97. The van der Waals surface area contributed by atoms with Crippen LogP contribution in [0.5, 0.6) is 5.75 Å². The third-order valence-electron chi connectivity index (χ3n) is 3.04. The molecule has 0 spiro atoms. The lowest BCUT2D eigenvalue weighted by Crippen LogP contribution is -2.42. The van der Waals surface area contributed by atoms with E-state index in [1.165, 1.54) is 0 Å². The van der Waals surface area contributed by atoms with Gasteiger partial charge < -0.3 is 14.8 Å². The second-order valence-corrected chi connectivity index (χ2v) is 5.46. The summed E-state index contributed by atoms with van der Waals surface area (Å²) in [7, 11) is 0. The van der Waals surface area contributed by atoms with E-state index in [0.717, 1.165) is 37.3 Å². The Morgan fingerprint density at radius 3 is 2.70 bits per heavy atom. The average Bonchev–Trinajstić information content (AvgIpc) is 2.48. The van der Waals surface area contributed by atoms with Gasteiger partial charge in [0.05, 0.1) is 13.2 Å². The first-order chi connectivity index (χ1) is 9.74. The minimum absolute atomic E-state index is 0.0464. The number of nitrogens with one attached hydrogen (secondary N) is 1. The van der Waals surface area contributed by atoms with E-state index >= 15 is 0 Å². The van der Waals surface area contributed by atoms with Gasteiger partial charge in [-0.05, 0) is 24.3 Å². The lowest BCUT2D eigenvalue weighted by Gasteiger charge is -2.26. The monoisotopic (exact) mass is 342 g/mol. The van der Waals surface area contributed by atoms with Crippen molar-refractivity contribution in [2.75, 3.05) is 46.0 Å². The van der Waals surface area contributed by atoms with Gasteiger partial charge in [-0.1, -0.05) is 15.9 Å². The first kappa shape index (κ1) is 15.3. The van der Waals surface area contributed by atoms with Crippen molar-refractivity contribution in [1.82, 2.24) is 10.2 Å². The van der Waals surface area contributed by atoms with Crippen LogP contribution in [0.1, 0.15) is 0 Å².